The molecule has 2 atom stereocenters. The molecule has 0 aliphatic carbocycles. The number of fused-ring (bicyclic) bond motifs is 1. The van der Waals surface area contributed by atoms with Crippen molar-refractivity contribution < 1.29 is 22.3 Å². The Balaban J connectivity index is 1.59. The second-order valence-corrected chi connectivity index (χ2v) is 12.3. The van der Waals surface area contributed by atoms with Gasteiger partial charge in [-0.1, -0.05) is 11.3 Å². The van der Waals surface area contributed by atoms with Gasteiger partial charge in [0.15, 0.2) is 5.13 Å². The predicted molar refractivity (Wildman–Crippen MR) is 140 cm³/mol. The summed E-state index contributed by atoms with van der Waals surface area (Å²) >= 11 is 1.25. The van der Waals surface area contributed by atoms with E-state index in [-0.39, 0.29) is 41.9 Å². The van der Waals surface area contributed by atoms with Crippen molar-refractivity contribution in [3.05, 3.63) is 53.8 Å². The predicted octanol–water partition coefficient (Wildman–Crippen LogP) is 3.83. The van der Waals surface area contributed by atoms with Crippen molar-refractivity contribution in [1.29, 1.82) is 0 Å². The summed E-state index contributed by atoms with van der Waals surface area (Å²) < 4.78 is 47.8. The monoisotopic (exact) mass is 534 g/mol. The maximum Gasteiger partial charge on any atom is 0.260 e. The molecule has 2 aromatic carbocycles. The van der Waals surface area contributed by atoms with Crippen molar-refractivity contribution in [3.8, 4) is 0 Å². The van der Waals surface area contributed by atoms with E-state index in [4.69, 9.17) is 4.74 Å². The first-order valence-electron chi connectivity index (χ1n) is 11.8. The van der Waals surface area contributed by atoms with Crippen LogP contribution in [0.5, 0.6) is 0 Å². The van der Waals surface area contributed by atoms with Crippen LogP contribution in [-0.2, 0) is 14.8 Å². The number of morpholine rings is 1. The minimum Gasteiger partial charge on any atom is -0.373 e. The highest BCUT2D eigenvalue weighted by molar-refractivity contribution is 7.89. The Morgan fingerprint density at radius 2 is 1.78 bits per heavy atom. The number of thiazole rings is 1. The summed E-state index contributed by atoms with van der Waals surface area (Å²) in [7, 11) is 0.209. The Hall–Kier alpha value is -2.44. The molecule has 2 unspecified atom stereocenters. The number of aromatic nitrogens is 1. The normalized spacial score (nSPS) is 19.2. The van der Waals surface area contributed by atoms with Crippen LogP contribution in [0.25, 0.3) is 10.2 Å². The molecule has 1 fully saturated rings. The van der Waals surface area contributed by atoms with Crippen molar-refractivity contribution in [2.45, 2.75) is 37.4 Å². The summed E-state index contributed by atoms with van der Waals surface area (Å²) in [5.74, 6) is -0.644. The van der Waals surface area contributed by atoms with Crippen LogP contribution in [0.2, 0.25) is 0 Å². The Morgan fingerprint density at radius 3 is 2.42 bits per heavy atom. The Kier molecular flexibility index (Phi) is 8.06. The van der Waals surface area contributed by atoms with Gasteiger partial charge >= 0.3 is 0 Å². The number of hydrogen-bond donors (Lipinski definition) is 0. The molecular weight excluding hydrogens is 503 g/mol. The number of anilines is 1. The Labute approximate surface area is 215 Å². The quantitative estimate of drug-likeness (QED) is 0.437. The number of ether oxygens (including phenoxy) is 1. The first-order chi connectivity index (χ1) is 17.0. The number of hydrogen-bond acceptors (Lipinski definition) is 7. The average Bonchev–Trinajstić information content (AvgIpc) is 3.23. The fourth-order valence-electron chi connectivity index (χ4n) is 4.23. The molecular formula is C25H31FN4O4S2. The van der Waals surface area contributed by atoms with E-state index in [0.29, 0.717) is 33.9 Å². The van der Waals surface area contributed by atoms with Gasteiger partial charge < -0.3 is 9.64 Å². The number of sulfonamides is 1. The molecule has 11 heteroatoms. The SMILES string of the molecule is CC1CN(S(=O)(=O)c2ccc(C(=O)N(CCCN(C)C)c3nc4ccc(F)cc4s3)cc2)CC(C)O1. The molecule has 1 saturated heterocycles. The number of nitrogens with zero attached hydrogens (tertiary/aromatic N) is 4. The summed E-state index contributed by atoms with van der Waals surface area (Å²) in [6.07, 6.45) is 0.327. The maximum atomic E-state index is 13.7. The van der Waals surface area contributed by atoms with Crippen LogP contribution in [0.4, 0.5) is 9.52 Å². The van der Waals surface area contributed by atoms with E-state index < -0.39 is 10.0 Å². The van der Waals surface area contributed by atoms with Crippen molar-refractivity contribution in [3.63, 3.8) is 0 Å². The fourth-order valence-corrected chi connectivity index (χ4v) is 6.84. The molecule has 36 heavy (non-hydrogen) atoms. The van der Waals surface area contributed by atoms with Gasteiger partial charge in [-0.05, 0) is 83.4 Å². The highest BCUT2D eigenvalue weighted by atomic mass is 32.2. The van der Waals surface area contributed by atoms with Crippen LogP contribution in [-0.4, -0.2) is 81.0 Å². The molecule has 0 saturated carbocycles. The minimum absolute atomic E-state index is 0.134. The van der Waals surface area contributed by atoms with E-state index in [1.165, 1.54) is 52.0 Å². The zero-order valence-electron chi connectivity index (χ0n) is 20.8. The zero-order chi connectivity index (χ0) is 26.0. The van der Waals surface area contributed by atoms with Crippen LogP contribution < -0.4 is 4.90 Å². The van der Waals surface area contributed by atoms with Gasteiger partial charge in [0, 0.05) is 25.2 Å². The van der Waals surface area contributed by atoms with E-state index >= 15 is 0 Å². The van der Waals surface area contributed by atoms with E-state index in [0.717, 1.165) is 6.54 Å². The van der Waals surface area contributed by atoms with Crippen LogP contribution in [0.15, 0.2) is 47.4 Å². The molecule has 0 bridgehead atoms. The minimum atomic E-state index is -3.71. The molecule has 2 heterocycles. The number of halogens is 1. The first kappa shape index (κ1) is 26.6. The Bertz CT molecular complexity index is 1320. The molecule has 4 rings (SSSR count). The standard InChI is InChI=1S/C25H31FN4O4S2/c1-17-15-29(16-18(2)34-17)36(32,33)21-9-6-19(7-10-21)24(31)30(13-5-12-28(3)4)25-27-22-11-8-20(26)14-23(22)35-25/h6-11,14,17-18H,5,12-13,15-16H2,1-4H3. The number of carbonyl (C=O) groups is 1. The second kappa shape index (κ2) is 10.9. The van der Waals surface area contributed by atoms with E-state index in [2.05, 4.69) is 4.98 Å². The molecule has 0 spiro atoms. The lowest BCUT2D eigenvalue weighted by Gasteiger charge is -2.34. The summed E-state index contributed by atoms with van der Waals surface area (Å²) in [4.78, 5) is 21.9. The van der Waals surface area contributed by atoms with Gasteiger partial charge in [-0.25, -0.2) is 17.8 Å². The summed E-state index contributed by atoms with van der Waals surface area (Å²) in [6.45, 7) is 5.46. The second-order valence-electron chi connectivity index (χ2n) is 9.33. The number of benzene rings is 2. The average molecular weight is 535 g/mol. The molecule has 1 aliphatic rings. The lowest BCUT2D eigenvalue weighted by Crippen LogP contribution is -2.48. The maximum absolute atomic E-state index is 13.7. The van der Waals surface area contributed by atoms with E-state index in [1.54, 1.807) is 11.0 Å². The van der Waals surface area contributed by atoms with Crippen molar-refractivity contribution in [1.82, 2.24) is 14.2 Å². The molecule has 8 nitrogen and oxygen atoms in total. The van der Waals surface area contributed by atoms with Gasteiger partial charge in [-0.2, -0.15) is 4.31 Å². The van der Waals surface area contributed by atoms with Gasteiger partial charge in [0.2, 0.25) is 10.0 Å². The lowest BCUT2D eigenvalue weighted by atomic mass is 10.2. The molecule has 0 radical (unpaired) electrons. The van der Waals surface area contributed by atoms with Crippen LogP contribution >= 0.6 is 11.3 Å². The molecule has 1 aromatic heterocycles. The Morgan fingerprint density at radius 1 is 1.11 bits per heavy atom. The topological polar surface area (TPSA) is 83.1 Å². The van der Waals surface area contributed by atoms with Crippen LogP contribution in [0, 0.1) is 5.82 Å². The third-order valence-electron chi connectivity index (χ3n) is 5.93. The van der Waals surface area contributed by atoms with E-state index in [9.17, 15) is 17.6 Å². The largest absolute Gasteiger partial charge is 0.373 e. The van der Waals surface area contributed by atoms with Gasteiger partial charge in [0.25, 0.3) is 5.91 Å². The van der Waals surface area contributed by atoms with Crippen molar-refractivity contribution >= 4 is 42.6 Å². The molecule has 1 amide bonds. The number of rotatable bonds is 8. The highest BCUT2D eigenvalue weighted by Crippen LogP contribution is 2.31. The van der Waals surface area contributed by atoms with Gasteiger partial charge in [-0.15, -0.1) is 0 Å². The van der Waals surface area contributed by atoms with Gasteiger partial charge in [0.1, 0.15) is 5.82 Å². The third-order valence-corrected chi connectivity index (χ3v) is 8.81. The number of carbonyl (C=O) groups excluding carboxylic acids is 1. The first-order valence-corrected chi connectivity index (χ1v) is 14.1. The van der Waals surface area contributed by atoms with Gasteiger partial charge in [-0.3, -0.25) is 9.69 Å². The van der Waals surface area contributed by atoms with E-state index in [1.807, 2.05) is 32.8 Å². The molecule has 0 N–H and O–H groups in total. The van der Waals surface area contributed by atoms with Crippen molar-refractivity contribution in [2.75, 3.05) is 45.2 Å². The fraction of sp³-hybridized carbons (Fsp3) is 0.440. The molecule has 3 aromatic rings. The zero-order valence-corrected chi connectivity index (χ0v) is 22.5. The van der Waals surface area contributed by atoms with Gasteiger partial charge in [0.05, 0.1) is 27.3 Å². The summed E-state index contributed by atoms with van der Waals surface area (Å²) in [5, 5.41) is 0.479. The molecule has 1 aliphatic heterocycles. The summed E-state index contributed by atoms with van der Waals surface area (Å²) in [6, 6.07) is 10.4. The lowest BCUT2D eigenvalue weighted by molar-refractivity contribution is -0.0440. The third kappa shape index (κ3) is 5.92. The summed E-state index contributed by atoms with van der Waals surface area (Å²) in [5.41, 5.74) is 0.977. The highest BCUT2D eigenvalue weighted by Gasteiger charge is 2.32. The number of amides is 1. The smallest absolute Gasteiger partial charge is 0.260 e. The van der Waals surface area contributed by atoms with Crippen molar-refractivity contribution in [2.24, 2.45) is 0 Å². The van der Waals surface area contributed by atoms with Crippen LogP contribution in [0.3, 0.4) is 0 Å². The molecule has 194 valence electrons. The van der Waals surface area contributed by atoms with Crippen LogP contribution in [0.1, 0.15) is 30.6 Å².